The maximum atomic E-state index is 18.0. The Morgan fingerprint density at radius 1 is 0.833 bits per heavy atom. The van der Waals surface area contributed by atoms with Crippen molar-refractivity contribution in [1.29, 1.82) is 0 Å². The molecule has 0 radical (unpaired) electrons. The van der Waals surface area contributed by atoms with Gasteiger partial charge in [-0.15, -0.1) is 0 Å². The number of amides is 4. The standard InChI is InChI=1S/C61H70F4N8O14S3/c1-32(2)48(73-49(76)36-21-34(37-27-67-54(68-28-37)89(8,82)83)20-35(22-36)38-29-69-55(70-30-38)90(9,84)85)51(78)71-45(12-10-11-19-66-56(81)87-57(3,4)5)50(77)72-46-23-33(13-14-43(46)63)52(79)86-60(53(80)88-31-62)18-16-40-41-25-44(64)42-24-39(74)15-17-58(42,6)61(41,65)47(75)26-59(40,60)7/h13-15,17,20-24,27-30,32,40-41,44-45,47-48,75H,10-12,16,18-19,25-26,31H2,1-9H3,(H,66,81)(H,71,78)(H,72,77)(H,73,76)/t40-,41-,44-,45-,47-,48-,58-,59-,60-,61-/m0/s1. The van der Waals surface area contributed by atoms with Crippen molar-refractivity contribution in [3.63, 3.8) is 0 Å². The minimum Gasteiger partial charge on any atom is -0.446 e. The lowest BCUT2D eigenvalue weighted by Crippen LogP contribution is -2.70. The normalized spacial score (nSPS) is 25.3. The molecule has 90 heavy (non-hydrogen) atoms. The van der Waals surface area contributed by atoms with Crippen molar-refractivity contribution in [2.24, 2.45) is 28.6 Å². The number of hydrogen-bond acceptors (Lipinski definition) is 19. The largest absolute Gasteiger partial charge is 0.446 e. The van der Waals surface area contributed by atoms with Gasteiger partial charge in [0.2, 0.25) is 46.9 Å². The number of alkyl carbamates (subject to hydrolysis) is 1. The summed E-state index contributed by atoms with van der Waals surface area (Å²) in [5.41, 5.74) is -9.32. The van der Waals surface area contributed by atoms with E-state index in [9.17, 15) is 59.9 Å². The number of halogens is 4. The van der Waals surface area contributed by atoms with Crippen LogP contribution in [0.15, 0.2) is 95.3 Å². The van der Waals surface area contributed by atoms with E-state index in [1.165, 1.54) is 56.8 Å². The van der Waals surface area contributed by atoms with E-state index in [1.807, 2.05) is 0 Å². The van der Waals surface area contributed by atoms with Crippen LogP contribution in [0.2, 0.25) is 0 Å². The van der Waals surface area contributed by atoms with Crippen LogP contribution < -0.4 is 21.3 Å². The minimum absolute atomic E-state index is 0.0390. The summed E-state index contributed by atoms with van der Waals surface area (Å²) < 4.78 is 125. The lowest BCUT2D eigenvalue weighted by Gasteiger charge is -2.63. The molecule has 2 aromatic carbocycles. The molecule has 29 heteroatoms. The van der Waals surface area contributed by atoms with Crippen LogP contribution in [0.3, 0.4) is 0 Å². The highest BCUT2D eigenvalue weighted by atomic mass is 32.2. The van der Waals surface area contributed by atoms with Gasteiger partial charge in [-0.3, -0.25) is 24.0 Å². The van der Waals surface area contributed by atoms with Crippen LogP contribution in [-0.4, -0.2) is 149 Å². The summed E-state index contributed by atoms with van der Waals surface area (Å²) in [6, 6.07) is 2.84. The molecule has 2 heterocycles. The molecular weight excluding hydrogens is 1240 g/mol. The molecular formula is C61H70F4N8O14S3. The number of fused-ring (bicyclic) bond motifs is 5. The number of alkyl halides is 3. The molecule has 0 aliphatic heterocycles. The van der Waals surface area contributed by atoms with Crippen LogP contribution in [0, 0.1) is 34.4 Å². The van der Waals surface area contributed by atoms with Crippen LogP contribution >= 0.6 is 11.8 Å². The summed E-state index contributed by atoms with van der Waals surface area (Å²) in [5.74, 6) is -8.61. The lowest BCUT2D eigenvalue weighted by atomic mass is 9.44. The van der Waals surface area contributed by atoms with Crippen molar-refractivity contribution in [3.05, 3.63) is 102 Å². The SMILES string of the molecule is CC(C)[C@H](NC(=O)c1cc(-c2cnc(S(C)(=O)=O)nc2)cc(-c2cnc(S(C)(=O)=O)nc2)c1)C(=O)N[C@@H](CCCCNC(=O)OC(C)(C)C)C(=O)Nc1cc(C(=O)O[C@]2(C(=O)SCF)CC[C@H]3[C@@H]4C[C@H](F)C5=CC(=O)C=C[C@]5(C)[C@@]4(F)[C@@H](O)C[C@@]32C)ccc1F. The Labute approximate surface area is 521 Å². The number of aromatic nitrogens is 4. The fourth-order valence-corrected chi connectivity index (χ4v) is 14.4. The number of aliphatic hydroxyl groups is 1. The molecule has 4 aliphatic carbocycles. The molecule has 5 N–H and O–H groups in total. The first-order valence-corrected chi connectivity index (χ1v) is 33.5. The van der Waals surface area contributed by atoms with Gasteiger partial charge in [-0.05, 0) is 161 Å². The van der Waals surface area contributed by atoms with Gasteiger partial charge in [0.05, 0.1) is 17.4 Å². The van der Waals surface area contributed by atoms with Crippen molar-refractivity contribution in [2.45, 2.75) is 145 Å². The van der Waals surface area contributed by atoms with Crippen molar-refractivity contribution in [2.75, 3.05) is 30.4 Å². The van der Waals surface area contributed by atoms with Crippen molar-refractivity contribution in [3.8, 4) is 22.3 Å². The number of anilines is 1. The van der Waals surface area contributed by atoms with E-state index < -0.39 is 176 Å². The first kappa shape index (κ1) is 68.4. The van der Waals surface area contributed by atoms with Gasteiger partial charge in [0.15, 0.2) is 17.1 Å². The predicted molar refractivity (Wildman–Crippen MR) is 321 cm³/mol. The van der Waals surface area contributed by atoms with Gasteiger partial charge < -0.3 is 35.8 Å². The summed E-state index contributed by atoms with van der Waals surface area (Å²) in [6.45, 7) is 11.1. The number of thioether (sulfide) groups is 1. The molecule has 0 unspecified atom stereocenters. The van der Waals surface area contributed by atoms with Gasteiger partial charge in [-0.25, -0.2) is 63.9 Å². The van der Waals surface area contributed by atoms with E-state index >= 15 is 13.2 Å². The number of ether oxygens (including phenoxy) is 2. The molecule has 3 fully saturated rings. The average molecular weight is 1310 g/mol. The highest BCUT2D eigenvalue weighted by molar-refractivity contribution is 8.13. The second kappa shape index (κ2) is 26.0. The average Bonchev–Trinajstić information content (AvgIpc) is 1.29. The third-order valence-electron chi connectivity index (χ3n) is 17.2. The topological polar surface area (TPSA) is 326 Å². The Morgan fingerprint density at radius 2 is 1.43 bits per heavy atom. The van der Waals surface area contributed by atoms with Gasteiger partial charge in [-0.2, -0.15) is 0 Å². The molecule has 8 rings (SSSR count). The van der Waals surface area contributed by atoms with E-state index in [0.29, 0.717) is 0 Å². The lowest BCUT2D eigenvalue weighted by molar-refractivity contribution is -0.219. The Balaban J connectivity index is 1.06. The fourth-order valence-electron chi connectivity index (χ4n) is 12.8. The zero-order valence-electron chi connectivity index (χ0n) is 50.7. The number of hydrogen-bond donors (Lipinski definition) is 5. The number of sulfone groups is 2. The van der Waals surface area contributed by atoms with Crippen molar-refractivity contribution >= 4 is 77.8 Å². The van der Waals surface area contributed by atoms with E-state index in [1.54, 1.807) is 40.7 Å². The summed E-state index contributed by atoms with van der Waals surface area (Å²) in [6.07, 6.45) is 4.39. The van der Waals surface area contributed by atoms with Crippen LogP contribution in [0.5, 0.6) is 0 Å². The van der Waals surface area contributed by atoms with Crippen molar-refractivity contribution in [1.82, 2.24) is 35.9 Å². The molecule has 0 saturated heterocycles. The Kier molecular flexibility index (Phi) is 19.8. The number of nitrogens with zero attached hydrogens (tertiary/aromatic N) is 4. The minimum atomic E-state index is -3.82. The third-order valence-corrected chi connectivity index (χ3v) is 19.7. The molecule has 0 bridgehead atoms. The molecule has 4 amide bonds. The van der Waals surface area contributed by atoms with Crippen LogP contribution in [0.4, 0.5) is 28.0 Å². The van der Waals surface area contributed by atoms with E-state index in [4.69, 9.17) is 9.47 Å². The number of ketones is 1. The zero-order valence-corrected chi connectivity index (χ0v) is 53.1. The van der Waals surface area contributed by atoms with Gasteiger partial charge >= 0.3 is 12.1 Å². The fraction of sp³-hybridized carbons (Fsp3) is 0.492. The van der Waals surface area contributed by atoms with Crippen LogP contribution in [-0.2, 0) is 48.3 Å². The highest BCUT2D eigenvalue weighted by Crippen LogP contribution is 2.71. The number of unbranched alkanes of at least 4 members (excludes halogenated alkanes) is 1. The predicted octanol–water partition coefficient (Wildman–Crippen LogP) is 7.52. The maximum absolute atomic E-state index is 18.0. The number of nitrogens with one attached hydrogen (secondary N) is 4. The second-order valence-electron chi connectivity index (χ2n) is 24.9. The Morgan fingerprint density at radius 3 is 1.99 bits per heavy atom. The maximum Gasteiger partial charge on any atom is 0.407 e. The number of carbonyl (C=O) groups excluding carboxylic acids is 7. The van der Waals surface area contributed by atoms with E-state index in [2.05, 4.69) is 41.2 Å². The molecule has 4 aliphatic rings. The number of allylic oxidation sites excluding steroid dienone is 4. The van der Waals surface area contributed by atoms with Gasteiger partial charge in [-0.1, -0.05) is 26.8 Å². The molecule has 0 spiro atoms. The van der Waals surface area contributed by atoms with Gasteiger partial charge in [0.1, 0.15) is 35.7 Å². The summed E-state index contributed by atoms with van der Waals surface area (Å²) in [4.78, 5) is 113. The molecule has 4 aromatic rings. The summed E-state index contributed by atoms with van der Waals surface area (Å²) >= 11 is 0.177. The quantitative estimate of drug-likeness (QED) is 0.0247. The number of benzene rings is 2. The molecule has 2 aromatic heterocycles. The van der Waals surface area contributed by atoms with E-state index in [0.717, 1.165) is 42.9 Å². The molecule has 484 valence electrons. The highest BCUT2D eigenvalue weighted by Gasteiger charge is 2.76. The first-order valence-electron chi connectivity index (χ1n) is 28.8. The van der Waals surface area contributed by atoms with Crippen molar-refractivity contribution < 1.29 is 82.5 Å². The van der Waals surface area contributed by atoms with Gasteiger partial charge in [0, 0.05) is 77.3 Å². The van der Waals surface area contributed by atoms with Crippen LogP contribution in [0.25, 0.3) is 22.3 Å². The number of carbonyl (C=O) groups is 7. The van der Waals surface area contributed by atoms with E-state index in [-0.39, 0.29) is 83.8 Å². The number of esters is 1. The Bertz CT molecular complexity index is 3720. The third kappa shape index (κ3) is 13.9. The summed E-state index contributed by atoms with van der Waals surface area (Å²) in [7, 11) is -7.63. The molecule has 3 saturated carbocycles. The second-order valence-corrected chi connectivity index (χ2v) is 29.6. The summed E-state index contributed by atoms with van der Waals surface area (Å²) in [5, 5.41) is 20.4. The Hall–Kier alpha value is -7.50. The molecule has 10 atom stereocenters. The monoisotopic (exact) mass is 1310 g/mol. The number of aliphatic hydroxyl groups excluding tert-OH is 1. The molecule has 22 nitrogen and oxygen atoms in total. The smallest absolute Gasteiger partial charge is 0.407 e. The first-order chi connectivity index (χ1) is 42.0. The van der Waals surface area contributed by atoms with Crippen LogP contribution in [0.1, 0.15) is 114 Å². The number of rotatable bonds is 20. The van der Waals surface area contributed by atoms with Gasteiger partial charge in [0.25, 0.3) is 5.91 Å². The zero-order chi connectivity index (χ0) is 66.3.